The first kappa shape index (κ1) is 17.5. The van der Waals surface area contributed by atoms with Gasteiger partial charge < -0.3 is 20.3 Å². The quantitative estimate of drug-likeness (QED) is 0.907. The molecule has 0 saturated carbocycles. The molecule has 0 bridgehead atoms. The van der Waals surface area contributed by atoms with Crippen molar-refractivity contribution in [3.63, 3.8) is 0 Å². The number of carbonyl (C=O) groups excluding carboxylic acids is 1. The maximum Gasteiger partial charge on any atom is 0.410 e. The molecular formula is C16H23F2N3O2. The van der Waals surface area contributed by atoms with E-state index < -0.39 is 17.2 Å². The summed E-state index contributed by atoms with van der Waals surface area (Å²) in [6.45, 7) is 6.99. The van der Waals surface area contributed by atoms with Crippen LogP contribution < -0.4 is 10.6 Å². The maximum atomic E-state index is 14.1. The van der Waals surface area contributed by atoms with Crippen LogP contribution in [0.1, 0.15) is 26.3 Å². The minimum atomic E-state index is -0.903. The van der Waals surface area contributed by atoms with E-state index in [-0.39, 0.29) is 23.9 Å². The van der Waals surface area contributed by atoms with Crippen molar-refractivity contribution < 1.29 is 18.3 Å². The lowest BCUT2D eigenvalue weighted by atomic mass is 10.1. The summed E-state index contributed by atoms with van der Waals surface area (Å²) < 4.78 is 33.3. The van der Waals surface area contributed by atoms with E-state index in [1.807, 2.05) is 0 Å². The number of piperazine rings is 1. The van der Waals surface area contributed by atoms with Gasteiger partial charge in [0.15, 0.2) is 11.6 Å². The Labute approximate surface area is 135 Å². The van der Waals surface area contributed by atoms with Gasteiger partial charge in [-0.15, -0.1) is 0 Å². The van der Waals surface area contributed by atoms with Gasteiger partial charge in [-0.1, -0.05) is 6.07 Å². The van der Waals surface area contributed by atoms with Crippen LogP contribution >= 0.6 is 0 Å². The summed E-state index contributed by atoms with van der Waals surface area (Å²) >= 11 is 0. The van der Waals surface area contributed by atoms with Gasteiger partial charge in [-0.2, -0.15) is 0 Å². The number of anilines is 1. The van der Waals surface area contributed by atoms with Crippen molar-refractivity contribution in [1.82, 2.24) is 4.90 Å². The molecule has 0 unspecified atom stereocenters. The molecule has 1 saturated heterocycles. The van der Waals surface area contributed by atoms with Crippen molar-refractivity contribution >= 4 is 11.8 Å². The average molecular weight is 327 g/mol. The number of hydrogen-bond acceptors (Lipinski definition) is 4. The zero-order valence-electron chi connectivity index (χ0n) is 13.7. The van der Waals surface area contributed by atoms with Crippen molar-refractivity contribution in [2.75, 3.05) is 31.1 Å². The molecule has 1 aromatic carbocycles. The number of ether oxygens (including phenoxy) is 1. The number of rotatable bonds is 2. The van der Waals surface area contributed by atoms with Crippen LogP contribution in [0.3, 0.4) is 0 Å². The summed E-state index contributed by atoms with van der Waals surface area (Å²) in [4.78, 5) is 15.3. The van der Waals surface area contributed by atoms with Crippen molar-refractivity contribution in [3.05, 3.63) is 29.3 Å². The average Bonchev–Trinajstić information content (AvgIpc) is 2.48. The first-order valence-electron chi connectivity index (χ1n) is 7.62. The van der Waals surface area contributed by atoms with E-state index in [0.717, 1.165) is 0 Å². The highest BCUT2D eigenvalue weighted by Crippen LogP contribution is 2.25. The molecule has 0 aliphatic carbocycles. The molecule has 128 valence electrons. The number of nitrogens with two attached hydrogens (primary N) is 1. The highest BCUT2D eigenvalue weighted by molar-refractivity contribution is 5.68. The third kappa shape index (κ3) is 4.10. The molecule has 0 spiro atoms. The third-order valence-electron chi connectivity index (χ3n) is 3.63. The molecule has 0 atom stereocenters. The Morgan fingerprint density at radius 2 is 1.78 bits per heavy atom. The molecule has 1 aliphatic rings. The molecule has 2 rings (SSSR count). The van der Waals surface area contributed by atoms with Gasteiger partial charge in [0.25, 0.3) is 0 Å². The first-order chi connectivity index (χ1) is 10.7. The van der Waals surface area contributed by atoms with Crippen LogP contribution in [0.5, 0.6) is 0 Å². The molecule has 1 aromatic rings. The summed E-state index contributed by atoms with van der Waals surface area (Å²) in [7, 11) is 0. The van der Waals surface area contributed by atoms with E-state index >= 15 is 0 Å². The third-order valence-corrected chi connectivity index (χ3v) is 3.63. The van der Waals surface area contributed by atoms with Gasteiger partial charge in [-0.3, -0.25) is 0 Å². The van der Waals surface area contributed by atoms with Crippen LogP contribution in [-0.4, -0.2) is 42.8 Å². The SMILES string of the molecule is CC(C)(C)OC(=O)N1CCN(c2ccc(CN)c(F)c2F)CC1. The predicted molar refractivity (Wildman–Crippen MR) is 84.3 cm³/mol. The second-order valence-electron chi connectivity index (χ2n) is 6.53. The predicted octanol–water partition coefficient (Wildman–Crippen LogP) is 2.48. The molecule has 0 aromatic heterocycles. The van der Waals surface area contributed by atoms with Gasteiger partial charge in [0.1, 0.15) is 5.60 Å². The van der Waals surface area contributed by atoms with Crippen LogP contribution in [0.25, 0.3) is 0 Å². The van der Waals surface area contributed by atoms with E-state index in [1.165, 1.54) is 12.1 Å². The van der Waals surface area contributed by atoms with E-state index in [2.05, 4.69) is 0 Å². The molecule has 1 amide bonds. The Morgan fingerprint density at radius 3 is 2.30 bits per heavy atom. The van der Waals surface area contributed by atoms with Crippen LogP contribution in [0.15, 0.2) is 12.1 Å². The molecule has 0 radical (unpaired) electrons. The van der Waals surface area contributed by atoms with Crippen LogP contribution in [0.4, 0.5) is 19.3 Å². The van der Waals surface area contributed by atoms with Crippen LogP contribution in [0, 0.1) is 11.6 Å². The van der Waals surface area contributed by atoms with Crippen molar-refractivity contribution in [3.8, 4) is 0 Å². The molecule has 1 aliphatic heterocycles. The molecular weight excluding hydrogens is 304 g/mol. The first-order valence-corrected chi connectivity index (χ1v) is 7.62. The lowest BCUT2D eigenvalue weighted by Gasteiger charge is -2.36. The standard InChI is InChI=1S/C16H23F2N3O2/c1-16(2,3)23-15(22)21-8-6-20(7-9-21)12-5-4-11(10-19)13(17)14(12)18/h4-5H,6-10,19H2,1-3H3. The van der Waals surface area contributed by atoms with Gasteiger partial charge in [-0.25, -0.2) is 13.6 Å². The zero-order valence-corrected chi connectivity index (χ0v) is 13.7. The summed E-state index contributed by atoms with van der Waals surface area (Å²) in [5.41, 5.74) is 5.17. The fourth-order valence-electron chi connectivity index (χ4n) is 2.44. The van der Waals surface area contributed by atoms with E-state index in [0.29, 0.717) is 26.2 Å². The van der Waals surface area contributed by atoms with Gasteiger partial charge in [0, 0.05) is 38.3 Å². The number of carbonyl (C=O) groups is 1. The summed E-state index contributed by atoms with van der Waals surface area (Å²) in [5.74, 6) is -1.79. The Bertz CT molecular complexity index is 579. The van der Waals surface area contributed by atoms with Crippen LogP contribution in [0.2, 0.25) is 0 Å². The Hall–Kier alpha value is -1.89. The second kappa shape index (κ2) is 6.70. The Morgan fingerprint density at radius 1 is 1.17 bits per heavy atom. The number of benzene rings is 1. The largest absolute Gasteiger partial charge is 0.444 e. The maximum absolute atomic E-state index is 14.1. The molecule has 1 heterocycles. The second-order valence-corrected chi connectivity index (χ2v) is 6.53. The lowest BCUT2D eigenvalue weighted by molar-refractivity contribution is 0.0240. The Kier molecular flexibility index (Phi) is 5.09. The minimum absolute atomic E-state index is 0.0462. The van der Waals surface area contributed by atoms with Crippen molar-refractivity contribution in [2.24, 2.45) is 5.73 Å². The lowest BCUT2D eigenvalue weighted by Crippen LogP contribution is -2.50. The summed E-state index contributed by atoms with van der Waals surface area (Å²) in [6.07, 6.45) is -0.387. The molecule has 1 fully saturated rings. The molecule has 7 heteroatoms. The van der Waals surface area contributed by atoms with Gasteiger partial charge >= 0.3 is 6.09 Å². The van der Waals surface area contributed by atoms with Crippen molar-refractivity contribution in [2.45, 2.75) is 32.9 Å². The number of halogens is 2. The van der Waals surface area contributed by atoms with Gasteiger partial charge in [-0.05, 0) is 26.8 Å². The highest BCUT2D eigenvalue weighted by atomic mass is 19.2. The monoisotopic (exact) mass is 327 g/mol. The fourth-order valence-corrected chi connectivity index (χ4v) is 2.44. The molecule has 23 heavy (non-hydrogen) atoms. The Balaban J connectivity index is 2.02. The van der Waals surface area contributed by atoms with E-state index in [9.17, 15) is 13.6 Å². The van der Waals surface area contributed by atoms with Gasteiger partial charge in [0.2, 0.25) is 0 Å². The summed E-state index contributed by atoms with van der Waals surface area (Å²) in [6, 6.07) is 3.03. The van der Waals surface area contributed by atoms with Gasteiger partial charge in [0.05, 0.1) is 5.69 Å². The van der Waals surface area contributed by atoms with E-state index in [4.69, 9.17) is 10.5 Å². The highest BCUT2D eigenvalue weighted by Gasteiger charge is 2.27. The number of amides is 1. The molecule has 5 nitrogen and oxygen atoms in total. The number of hydrogen-bond donors (Lipinski definition) is 1. The smallest absolute Gasteiger partial charge is 0.410 e. The molecule has 2 N–H and O–H groups in total. The van der Waals surface area contributed by atoms with Crippen LogP contribution in [-0.2, 0) is 11.3 Å². The fraction of sp³-hybridized carbons (Fsp3) is 0.562. The summed E-state index contributed by atoms with van der Waals surface area (Å²) in [5, 5.41) is 0. The normalized spacial score (nSPS) is 15.7. The topological polar surface area (TPSA) is 58.8 Å². The number of nitrogens with zero attached hydrogens (tertiary/aromatic N) is 2. The van der Waals surface area contributed by atoms with Crippen molar-refractivity contribution in [1.29, 1.82) is 0 Å². The minimum Gasteiger partial charge on any atom is -0.444 e. The zero-order chi connectivity index (χ0) is 17.2. The van der Waals surface area contributed by atoms with E-state index in [1.54, 1.807) is 30.6 Å².